The van der Waals surface area contributed by atoms with Gasteiger partial charge in [0.15, 0.2) is 0 Å². The minimum absolute atomic E-state index is 0.153. The SMILES string of the molecule is Cc1nc(-c2cccc(NC(=O)CCc3nc(-c4ccccn4)no3)c2)oc1C. The molecule has 4 aromatic rings. The van der Waals surface area contributed by atoms with Crippen LogP contribution in [0.5, 0.6) is 0 Å². The van der Waals surface area contributed by atoms with E-state index < -0.39 is 0 Å². The van der Waals surface area contributed by atoms with Crippen LogP contribution < -0.4 is 5.32 Å². The molecular weight excluding hydrogens is 370 g/mol. The van der Waals surface area contributed by atoms with Gasteiger partial charge in [-0.25, -0.2) is 4.98 Å². The Bertz CT molecular complexity index is 1110. The molecule has 0 atom stereocenters. The summed E-state index contributed by atoms with van der Waals surface area (Å²) in [7, 11) is 0. The lowest BCUT2D eigenvalue weighted by molar-refractivity contribution is -0.116. The van der Waals surface area contributed by atoms with Crippen molar-refractivity contribution < 1.29 is 13.7 Å². The van der Waals surface area contributed by atoms with Gasteiger partial charge in [-0.3, -0.25) is 9.78 Å². The number of aromatic nitrogens is 4. The van der Waals surface area contributed by atoms with Crippen LogP contribution in [0.25, 0.3) is 23.0 Å². The second-order valence-electron chi connectivity index (χ2n) is 6.52. The van der Waals surface area contributed by atoms with E-state index in [1.54, 1.807) is 12.3 Å². The number of benzene rings is 1. The topological polar surface area (TPSA) is 107 Å². The van der Waals surface area contributed by atoms with Gasteiger partial charge >= 0.3 is 0 Å². The maximum Gasteiger partial charge on any atom is 0.227 e. The number of nitrogens with zero attached hydrogens (tertiary/aromatic N) is 4. The van der Waals surface area contributed by atoms with Gasteiger partial charge in [0.1, 0.15) is 11.5 Å². The lowest BCUT2D eigenvalue weighted by Crippen LogP contribution is -2.12. The van der Waals surface area contributed by atoms with Crippen molar-refractivity contribution in [2.75, 3.05) is 5.32 Å². The third-order valence-electron chi connectivity index (χ3n) is 4.35. The van der Waals surface area contributed by atoms with Crippen LogP contribution in [-0.4, -0.2) is 26.0 Å². The number of hydrogen-bond donors (Lipinski definition) is 1. The first kappa shape index (κ1) is 18.5. The summed E-state index contributed by atoms with van der Waals surface area (Å²) in [6.07, 6.45) is 2.21. The lowest BCUT2D eigenvalue weighted by Gasteiger charge is -2.05. The Hall–Kier alpha value is -3.81. The summed E-state index contributed by atoms with van der Waals surface area (Å²) in [6, 6.07) is 12.8. The van der Waals surface area contributed by atoms with Crippen molar-refractivity contribution in [3.8, 4) is 23.0 Å². The van der Waals surface area contributed by atoms with Crippen LogP contribution >= 0.6 is 0 Å². The normalized spacial score (nSPS) is 10.8. The third kappa shape index (κ3) is 4.37. The number of oxazole rings is 1. The van der Waals surface area contributed by atoms with Crippen molar-refractivity contribution in [3.05, 3.63) is 66.0 Å². The molecule has 0 aliphatic heterocycles. The van der Waals surface area contributed by atoms with Crippen molar-refractivity contribution in [2.24, 2.45) is 0 Å². The van der Waals surface area contributed by atoms with Crippen LogP contribution in [0.15, 0.2) is 57.6 Å². The first-order valence-electron chi connectivity index (χ1n) is 9.17. The minimum atomic E-state index is -0.153. The molecule has 1 aromatic carbocycles. The second kappa shape index (κ2) is 8.05. The molecule has 4 rings (SSSR count). The van der Waals surface area contributed by atoms with Crippen LogP contribution in [0.3, 0.4) is 0 Å². The lowest BCUT2D eigenvalue weighted by atomic mass is 10.2. The van der Waals surface area contributed by atoms with Crippen LogP contribution in [0.4, 0.5) is 5.69 Å². The monoisotopic (exact) mass is 389 g/mol. The second-order valence-corrected chi connectivity index (χ2v) is 6.52. The predicted molar refractivity (Wildman–Crippen MR) is 106 cm³/mol. The van der Waals surface area contributed by atoms with Crippen molar-refractivity contribution >= 4 is 11.6 Å². The highest BCUT2D eigenvalue weighted by Crippen LogP contribution is 2.24. The van der Waals surface area contributed by atoms with E-state index in [4.69, 9.17) is 8.94 Å². The molecule has 0 bridgehead atoms. The van der Waals surface area contributed by atoms with E-state index in [1.807, 2.05) is 50.2 Å². The fourth-order valence-electron chi connectivity index (χ4n) is 2.73. The van der Waals surface area contributed by atoms with Crippen molar-refractivity contribution in [2.45, 2.75) is 26.7 Å². The van der Waals surface area contributed by atoms with E-state index in [0.29, 0.717) is 35.4 Å². The van der Waals surface area contributed by atoms with Crippen LogP contribution in [0.1, 0.15) is 23.8 Å². The smallest absolute Gasteiger partial charge is 0.227 e. The molecule has 29 heavy (non-hydrogen) atoms. The first-order chi connectivity index (χ1) is 14.1. The maximum atomic E-state index is 12.3. The summed E-state index contributed by atoms with van der Waals surface area (Å²) in [6.45, 7) is 3.76. The maximum absolute atomic E-state index is 12.3. The summed E-state index contributed by atoms with van der Waals surface area (Å²) in [5.41, 5.74) is 2.94. The highest BCUT2D eigenvalue weighted by molar-refractivity contribution is 5.91. The molecular formula is C21H19N5O3. The molecule has 0 fully saturated rings. The Morgan fingerprint density at radius 2 is 2.00 bits per heavy atom. The number of aryl methyl sites for hydroxylation is 3. The summed E-state index contributed by atoms with van der Waals surface area (Å²) in [5, 5.41) is 6.78. The molecule has 1 N–H and O–H groups in total. The zero-order valence-electron chi connectivity index (χ0n) is 16.0. The number of hydrogen-bond acceptors (Lipinski definition) is 7. The van der Waals surface area contributed by atoms with Crippen molar-refractivity contribution in [1.29, 1.82) is 0 Å². The molecule has 0 saturated heterocycles. The van der Waals surface area contributed by atoms with Gasteiger partial charge in [-0.1, -0.05) is 17.3 Å². The van der Waals surface area contributed by atoms with Crippen LogP contribution in [0.2, 0.25) is 0 Å². The molecule has 0 aliphatic rings. The van der Waals surface area contributed by atoms with E-state index in [0.717, 1.165) is 17.0 Å². The van der Waals surface area contributed by atoms with Crippen molar-refractivity contribution in [3.63, 3.8) is 0 Å². The van der Waals surface area contributed by atoms with E-state index >= 15 is 0 Å². The number of amides is 1. The van der Waals surface area contributed by atoms with Gasteiger partial charge in [-0.15, -0.1) is 0 Å². The molecule has 3 aromatic heterocycles. The molecule has 0 radical (unpaired) electrons. The number of carbonyl (C=O) groups excluding carboxylic acids is 1. The molecule has 3 heterocycles. The predicted octanol–water partition coefficient (Wildman–Crippen LogP) is 3.97. The number of pyridine rings is 1. The fraction of sp³-hybridized carbons (Fsp3) is 0.190. The number of anilines is 1. The molecule has 0 saturated carbocycles. The Morgan fingerprint density at radius 1 is 1.10 bits per heavy atom. The number of rotatable bonds is 6. The van der Waals surface area contributed by atoms with E-state index in [9.17, 15) is 4.79 Å². The quantitative estimate of drug-likeness (QED) is 0.531. The van der Waals surface area contributed by atoms with E-state index in [2.05, 4.69) is 25.4 Å². The first-order valence-corrected chi connectivity index (χ1v) is 9.17. The zero-order chi connectivity index (χ0) is 20.2. The Labute approximate surface area is 167 Å². The van der Waals surface area contributed by atoms with Gasteiger partial charge in [-0.2, -0.15) is 4.98 Å². The molecule has 146 valence electrons. The minimum Gasteiger partial charge on any atom is -0.441 e. The molecule has 8 nitrogen and oxygen atoms in total. The van der Waals surface area contributed by atoms with E-state index in [1.165, 1.54) is 0 Å². The fourth-order valence-corrected chi connectivity index (χ4v) is 2.73. The van der Waals surface area contributed by atoms with Gasteiger partial charge in [0.05, 0.1) is 5.69 Å². The average Bonchev–Trinajstić information content (AvgIpc) is 3.34. The van der Waals surface area contributed by atoms with Gasteiger partial charge in [0, 0.05) is 30.3 Å². The van der Waals surface area contributed by atoms with Crippen molar-refractivity contribution in [1.82, 2.24) is 20.1 Å². The zero-order valence-corrected chi connectivity index (χ0v) is 16.0. The Kier molecular flexibility index (Phi) is 5.15. The summed E-state index contributed by atoms with van der Waals surface area (Å²) in [5.74, 6) is 1.95. The summed E-state index contributed by atoms with van der Waals surface area (Å²) in [4.78, 5) is 25.2. The van der Waals surface area contributed by atoms with Gasteiger partial charge < -0.3 is 14.3 Å². The highest BCUT2D eigenvalue weighted by atomic mass is 16.5. The van der Waals surface area contributed by atoms with Gasteiger partial charge in [0.2, 0.25) is 23.5 Å². The molecule has 0 spiro atoms. The standard InChI is InChI=1S/C21H19N5O3/c1-13-14(2)28-21(23-13)15-6-5-7-16(12-15)24-18(27)9-10-19-25-20(26-29-19)17-8-3-4-11-22-17/h3-8,11-12H,9-10H2,1-2H3,(H,24,27). The van der Waals surface area contributed by atoms with Crippen LogP contribution in [-0.2, 0) is 11.2 Å². The third-order valence-corrected chi connectivity index (χ3v) is 4.35. The Morgan fingerprint density at radius 3 is 2.76 bits per heavy atom. The summed E-state index contributed by atoms with van der Waals surface area (Å²) < 4.78 is 10.9. The van der Waals surface area contributed by atoms with Gasteiger partial charge in [-0.05, 0) is 44.2 Å². The molecule has 0 aliphatic carbocycles. The Balaban J connectivity index is 1.37. The molecule has 0 unspecified atom stereocenters. The molecule has 1 amide bonds. The van der Waals surface area contributed by atoms with Gasteiger partial charge in [0.25, 0.3) is 0 Å². The largest absolute Gasteiger partial charge is 0.441 e. The number of carbonyl (C=O) groups is 1. The van der Waals surface area contributed by atoms with Crippen LogP contribution in [0, 0.1) is 13.8 Å². The van der Waals surface area contributed by atoms with E-state index in [-0.39, 0.29) is 12.3 Å². The average molecular weight is 389 g/mol. The summed E-state index contributed by atoms with van der Waals surface area (Å²) >= 11 is 0. The highest BCUT2D eigenvalue weighted by Gasteiger charge is 2.13. The molecule has 8 heteroatoms. The number of nitrogens with one attached hydrogen (secondary N) is 1.